The number of amides is 1. The molecule has 2 aromatic carbocycles. The SMILES string of the molecule is O=C(Nc1ccc(-n2ccnc2)cc1)c1cc(=O)c2ccccc2o1. The zero-order chi connectivity index (χ0) is 17.2. The molecular formula is C19H13N3O3. The van der Waals surface area contributed by atoms with Crippen molar-refractivity contribution in [3.63, 3.8) is 0 Å². The molecule has 0 aliphatic heterocycles. The Bertz CT molecular complexity index is 1100. The van der Waals surface area contributed by atoms with Crippen LogP contribution in [0.4, 0.5) is 5.69 Å². The third-order valence-electron chi connectivity index (χ3n) is 3.79. The molecule has 0 saturated carbocycles. The number of carbonyl (C=O) groups is 1. The molecule has 2 heterocycles. The first-order chi connectivity index (χ1) is 12.2. The van der Waals surface area contributed by atoms with E-state index in [1.54, 1.807) is 48.9 Å². The van der Waals surface area contributed by atoms with E-state index in [0.717, 1.165) is 5.69 Å². The zero-order valence-corrected chi connectivity index (χ0v) is 13.0. The van der Waals surface area contributed by atoms with Gasteiger partial charge in [-0.25, -0.2) is 4.98 Å². The Morgan fingerprint density at radius 2 is 1.88 bits per heavy atom. The maximum Gasteiger partial charge on any atom is 0.291 e. The maximum atomic E-state index is 12.4. The summed E-state index contributed by atoms with van der Waals surface area (Å²) in [5.41, 5.74) is 1.66. The quantitative estimate of drug-likeness (QED) is 0.625. The highest BCUT2D eigenvalue weighted by Gasteiger charge is 2.12. The Morgan fingerprint density at radius 3 is 2.64 bits per heavy atom. The van der Waals surface area contributed by atoms with Crippen molar-refractivity contribution in [3.05, 3.63) is 89.3 Å². The van der Waals surface area contributed by atoms with Crippen molar-refractivity contribution in [1.82, 2.24) is 9.55 Å². The highest BCUT2D eigenvalue weighted by Crippen LogP contribution is 2.16. The fourth-order valence-electron chi connectivity index (χ4n) is 2.54. The second-order valence-electron chi connectivity index (χ2n) is 5.44. The molecule has 0 aliphatic rings. The van der Waals surface area contributed by atoms with Crippen LogP contribution in [0.25, 0.3) is 16.7 Å². The van der Waals surface area contributed by atoms with Crippen LogP contribution < -0.4 is 10.7 Å². The van der Waals surface area contributed by atoms with Gasteiger partial charge in [0.25, 0.3) is 5.91 Å². The molecule has 0 fully saturated rings. The largest absolute Gasteiger partial charge is 0.451 e. The molecule has 0 saturated heterocycles. The minimum absolute atomic E-state index is 0.0256. The first kappa shape index (κ1) is 14.9. The number of anilines is 1. The molecule has 6 heteroatoms. The summed E-state index contributed by atoms with van der Waals surface area (Å²) in [7, 11) is 0. The number of imidazole rings is 1. The molecule has 1 N–H and O–H groups in total. The van der Waals surface area contributed by atoms with Crippen LogP contribution in [0.2, 0.25) is 0 Å². The van der Waals surface area contributed by atoms with Crippen LogP contribution in [0.15, 0.2) is 82.5 Å². The number of aromatic nitrogens is 2. The van der Waals surface area contributed by atoms with Gasteiger partial charge in [-0.2, -0.15) is 0 Å². The molecule has 122 valence electrons. The Kier molecular flexibility index (Phi) is 3.63. The van der Waals surface area contributed by atoms with Crippen LogP contribution in [0.1, 0.15) is 10.6 Å². The molecule has 0 atom stereocenters. The summed E-state index contributed by atoms with van der Waals surface area (Å²) in [6.07, 6.45) is 5.21. The van der Waals surface area contributed by atoms with Crippen molar-refractivity contribution in [3.8, 4) is 5.69 Å². The van der Waals surface area contributed by atoms with Crippen LogP contribution in [-0.2, 0) is 0 Å². The van der Waals surface area contributed by atoms with Gasteiger partial charge in [0.2, 0.25) is 0 Å². The summed E-state index contributed by atoms with van der Waals surface area (Å²) in [6, 6.07) is 15.3. The monoisotopic (exact) mass is 331 g/mol. The highest BCUT2D eigenvalue weighted by atomic mass is 16.3. The molecular weight excluding hydrogens is 318 g/mol. The first-order valence-corrected chi connectivity index (χ1v) is 7.63. The molecule has 0 aliphatic carbocycles. The molecule has 4 aromatic rings. The van der Waals surface area contributed by atoms with Gasteiger partial charge in [-0.05, 0) is 36.4 Å². The van der Waals surface area contributed by atoms with Crippen molar-refractivity contribution in [2.24, 2.45) is 0 Å². The third kappa shape index (κ3) is 2.92. The van der Waals surface area contributed by atoms with Gasteiger partial charge in [0.05, 0.1) is 11.7 Å². The number of hydrogen-bond donors (Lipinski definition) is 1. The van der Waals surface area contributed by atoms with Gasteiger partial charge in [0, 0.05) is 29.8 Å². The Labute approximate surface area is 142 Å². The second-order valence-corrected chi connectivity index (χ2v) is 5.44. The lowest BCUT2D eigenvalue weighted by atomic mass is 10.2. The molecule has 4 rings (SSSR count). The van der Waals surface area contributed by atoms with Crippen LogP contribution in [-0.4, -0.2) is 15.5 Å². The molecule has 2 aromatic heterocycles. The van der Waals surface area contributed by atoms with Crippen molar-refractivity contribution < 1.29 is 9.21 Å². The lowest BCUT2D eigenvalue weighted by Gasteiger charge is -2.07. The lowest BCUT2D eigenvalue weighted by molar-refractivity contribution is 0.0997. The van der Waals surface area contributed by atoms with Crippen molar-refractivity contribution in [1.29, 1.82) is 0 Å². The molecule has 6 nitrogen and oxygen atoms in total. The van der Waals surface area contributed by atoms with Gasteiger partial charge >= 0.3 is 0 Å². The summed E-state index contributed by atoms with van der Waals surface area (Å²) in [5.74, 6) is -0.499. The summed E-state index contributed by atoms with van der Waals surface area (Å²) in [6.45, 7) is 0. The minimum Gasteiger partial charge on any atom is -0.451 e. The van der Waals surface area contributed by atoms with E-state index in [1.165, 1.54) is 6.07 Å². The van der Waals surface area contributed by atoms with E-state index in [0.29, 0.717) is 16.7 Å². The molecule has 0 spiro atoms. The van der Waals surface area contributed by atoms with Crippen molar-refractivity contribution in [2.75, 3.05) is 5.32 Å². The fraction of sp³-hybridized carbons (Fsp3) is 0. The van der Waals surface area contributed by atoms with E-state index in [2.05, 4.69) is 10.3 Å². The van der Waals surface area contributed by atoms with E-state index in [-0.39, 0.29) is 11.2 Å². The van der Waals surface area contributed by atoms with Crippen molar-refractivity contribution in [2.45, 2.75) is 0 Å². The van der Waals surface area contributed by atoms with Crippen LogP contribution in [0, 0.1) is 0 Å². The number of nitrogens with one attached hydrogen (secondary N) is 1. The van der Waals surface area contributed by atoms with E-state index in [1.807, 2.05) is 22.9 Å². The molecule has 0 unspecified atom stereocenters. The maximum absolute atomic E-state index is 12.4. The third-order valence-corrected chi connectivity index (χ3v) is 3.79. The minimum atomic E-state index is -0.474. The summed E-state index contributed by atoms with van der Waals surface area (Å²) in [5, 5.41) is 3.17. The summed E-state index contributed by atoms with van der Waals surface area (Å²) < 4.78 is 7.39. The normalized spacial score (nSPS) is 10.7. The van der Waals surface area contributed by atoms with E-state index in [4.69, 9.17) is 4.42 Å². The van der Waals surface area contributed by atoms with Crippen LogP contribution in [0.3, 0.4) is 0 Å². The number of hydrogen-bond acceptors (Lipinski definition) is 4. The standard InChI is InChI=1S/C19H13N3O3/c23-16-11-18(25-17-4-2-1-3-15(16)17)19(24)21-13-5-7-14(8-6-13)22-10-9-20-12-22/h1-12H,(H,21,24). The topological polar surface area (TPSA) is 77.1 Å². The number of nitrogens with zero attached hydrogens (tertiary/aromatic N) is 2. The van der Waals surface area contributed by atoms with Gasteiger partial charge < -0.3 is 14.3 Å². The number of fused-ring (bicyclic) bond motifs is 1. The fourth-order valence-corrected chi connectivity index (χ4v) is 2.54. The zero-order valence-electron chi connectivity index (χ0n) is 13.0. The number of benzene rings is 2. The van der Waals surface area contributed by atoms with Gasteiger partial charge in [0.15, 0.2) is 11.2 Å². The van der Waals surface area contributed by atoms with Crippen molar-refractivity contribution >= 4 is 22.6 Å². The smallest absolute Gasteiger partial charge is 0.291 e. The lowest BCUT2D eigenvalue weighted by Crippen LogP contribution is -2.15. The Morgan fingerprint density at radius 1 is 1.08 bits per heavy atom. The molecule has 0 radical (unpaired) electrons. The van der Waals surface area contributed by atoms with Crippen LogP contribution >= 0.6 is 0 Å². The summed E-state index contributed by atoms with van der Waals surface area (Å²) in [4.78, 5) is 28.4. The van der Waals surface area contributed by atoms with E-state index < -0.39 is 5.91 Å². The van der Waals surface area contributed by atoms with E-state index in [9.17, 15) is 9.59 Å². The molecule has 0 bridgehead atoms. The van der Waals surface area contributed by atoms with Gasteiger partial charge in [0.1, 0.15) is 5.58 Å². The number of carbonyl (C=O) groups excluding carboxylic acids is 1. The average molecular weight is 331 g/mol. The van der Waals surface area contributed by atoms with Gasteiger partial charge in [-0.3, -0.25) is 9.59 Å². The highest BCUT2D eigenvalue weighted by molar-refractivity contribution is 6.03. The predicted octanol–water partition coefficient (Wildman–Crippen LogP) is 3.23. The average Bonchev–Trinajstić information content (AvgIpc) is 3.17. The molecule has 25 heavy (non-hydrogen) atoms. The van der Waals surface area contributed by atoms with Gasteiger partial charge in [-0.15, -0.1) is 0 Å². The number of rotatable bonds is 3. The number of para-hydroxylation sites is 1. The van der Waals surface area contributed by atoms with E-state index >= 15 is 0 Å². The Balaban J connectivity index is 1.59. The Hall–Kier alpha value is -3.67. The molecule has 1 amide bonds. The second kappa shape index (κ2) is 6.09. The van der Waals surface area contributed by atoms with Crippen LogP contribution in [0.5, 0.6) is 0 Å². The summed E-state index contributed by atoms with van der Waals surface area (Å²) >= 11 is 0. The predicted molar refractivity (Wildman–Crippen MR) is 94.0 cm³/mol. The van der Waals surface area contributed by atoms with Gasteiger partial charge in [-0.1, -0.05) is 12.1 Å². The first-order valence-electron chi connectivity index (χ1n) is 7.63.